The van der Waals surface area contributed by atoms with Crippen LogP contribution in [0.25, 0.3) is 22.2 Å². The van der Waals surface area contributed by atoms with Crippen molar-refractivity contribution >= 4 is 16.8 Å². The van der Waals surface area contributed by atoms with E-state index in [0.717, 1.165) is 28.6 Å². The number of pyridine rings is 1. The fourth-order valence-electron chi connectivity index (χ4n) is 4.14. The van der Waals surface area contributed by atoms with Crippen molar-refractivity contribution in [3.05, 3.63) is 82.9 Å². The second kappa shape index (κ2) is 7.23. The molecular formula is C23H17F3N4O. The predicted molar refractivity (Wildman–Crippen MR) is 109 cm³/mol. The lowest BCUT2D eigenvalue weighted by Crippen LogP contribution is -2.36. The van der Waals surface area contributed by atoms with Crippen molar-refractivity contribution in [1.82, 2.24) is 19.7 Å². The Hall–Kier alpha value is -3.68. The topological polar surface area (TPSA) is 51.0 Å². The molecule has 4 aromatic rings. The molecule has 31 heavy (non-hydrogen) atoms. The maximum atomic E-state index is 13.8. The summed E-state index contributed by atoms with van der Waals surface area (Å²) in [6.07, 6.45) is 2.17. The first-order chi connectivity index (χ1) is 14.9. The zero-order valence-electron chi connectivity index (χ0n) is 16.6. The van der Waals surface area contributed by atoms with Crippen molar-refractivity contribution in [1.29, 1.82) is 0 Å². The van der Waals surface area contributed by atoms with Crippen LogP contribution < -0.4 is 0 Å². The highest BCUT2D eigenvalue weighted by Crippen LogP contribution is 2.32. The van der Waals surface area contributed by atoms with E-state index in [1.165, 1.54) is 4.68 Å². The van der Waals surface area contributed by atoms with E-state index in [1.807, 2.05) is 24.3 Å². The fourth-order valence-corrected chi connectivity index (χ4v) is 4.14. The standard InChI is InChI=1S/C23H17F3N4O/c1-29-22(15-10-17(24)21(26)18(25)11-15)16-6-8-30(12-20(16)28-29)23(31)14-4-5-19-13(9-14)3-2-7-27-19/h2-5,7,9-11H,6,8,12H2,1H3. The highest BCUT2D eigenvalue weighted by Gasteiger charge is 2.28. The predicted octanol–water partition coefficient (Wildman–Crippen LogP) is 4.25. The van der Waals surface area contributed by atoms with Crippen molar-refractivity contribution in [3.8, 4) is 11.3 Å². The molecule has 1 aliphatic rings. The molecule has 1 aliphatic heterocycles. The summed E-state index contributed by atoms with van der Waals surface area (Å²) in [5.74, 6) is -4.11. The number of benzene rings is 2. The van der Waals surface area contributed by atoms with Crippen LogP contribution in [-0.4, -0.2) is 32.1 Å². The molecular weight excluding hydrogens is 405 g/mol. The minimum atomic E-state index is -1.50. The van der Waals surface area contributed by atoms with Crippen LogP contribution >= 0.6 is 0 Å². The number of hydrogen-bond donors (Lipinski definition) is 0. The quantitative estimate of drug-likeness (QED) is 0.454. The molecule has 8 heteroatoms. The number of aryl methyl sites for hydroxylation is 1. The molecule has 2 aromatic carbocycles. The van der Waals surface area contributed by atoms with Gasteiger partial charge >= 0.3 is 0 Å². The zero-order valence-corrected chi connectivity index (χ0v) is 16.6. The molecule has 156 valence electrons. The minimum absolute atomic E-state index is 0.123. The molecule has 0 saturated carbocycles. The van der Waals surface area contributed by atoms with Crippen molar-refractivity contribution in [2.24, 2.45) is 7.05 Å². The monoisotopic (exact) mass is 422 g/mol. The summed E-state index contributed by atoms with van der Waals surface area (Å²) in [4.78, 5) is 19.0. The summed E-state index contributed by atoms with van der Waals surface area (Å²) in [5, 5.41) is 5.34. The fraction of sp³-hybridized carbons (Fsp3) is 0.174. The van der Waals surface area contributed by atoms with Crippen LogP contribution in [0.5, 0.6) is 0 Å². The van der Waals surface area contributed by atoms with Gasteiger partial charge in [-0.3, -0.25) is 14.5 Å². The van der Waals surface area contributed by atoms with E-state index in [9.17, 15) is 18.0 Å². The molecule has 0 saturated heterocycles. The summed E-state index contributed by atoms with van der Waals surface area (Å²) < 4.78 is 42.4. The third-order valence-corrected chi connectivity index (χ3v) is 5.60. The van der Waals surface area contributed by atoms with E-state index >= 15 is 0 Å². The van der Waals surface area contributed by atoms with Gasteiger partial charge in [-0.25, -0.2) is 13.2 Å². The Balaban J connectivity index is 1.46. The largest absolute Gasteiger partial charge is 0.332 e. The van der Waals surface area contributed by atoms with E-state index in [1.54, 1.807) is 24.2 Å². The van der Waals surface area contributed by atoms with E-state index in [4.69, 9.17) is 0 Å². The lowest BCUT2D eigenvalue weighted by atomic mass is 9.99. The van der Waals surface area contributed by atoms with Gasteiger partial charge < -0.3 is 4.90 Å². The number of aromatic nitrogens is 3. The van der Waals surface area contributed by atoms with Crippen LogP contribution in [0, 0.1) is 17.5 Å². The first-order valence-corrected chi connectivity index (χ1v) is 9.76. The maximum Gasteiger partial charge on any atom is 0.254 e. The number of fused-ring (bicyclic) bond motifs is 2. The first-order valence-electron chi connectivity index (χ1n) is 9.76. The lowest BCUT2D eigenvalue weighted by Gasteiger charge is -2.27. The molecule has 0 fully saturated rings. The lowest BCUT2D eigenvalue weighted by molar-refractivity contribution is 0.0732. The van der Waals surface area contributed by atoms with Gasteiger partial charge in [0, 0.05) is 41.9 Å². The molecule has 2 aromatic heterocycles. The molecule has 5 nitrogen and oxygen atoms in total. The molecule has 5 rings (SSSR count). The second-order valence-electron chi connectivity index (χ2n) is 7.54. The SMILES string of the molecule is Cn1nc2c(c1-c1cc(F)c(F)c(F)c1)CCN(C(=O)c1ccc3ncccc3c1)C2. The van der Waals surface area contributed by atoms with Gasteiger partial charge in [0.2, 0.25) is 0 Å². The third-order valence-electron chi connectivity index (χ3n) is 5.60. The van der Waals surface area contributed by atoms with Crippen LogP contribution in [-0.2, 0) is 20.0 Å². The van der Waals surface area contributed by atoms with Gasteiger partial charge in [0.25, 0.3) is 5.91 Å². The molecule has 1 amide bonds. The van der Waals surface area contributed by atoms with Crippen LogP contribution in [0.15, 0.2) is 48.7 Å². The summed E-state index contributed by atoms with van der Waals surface area (Å²) >= 11 is 0. The Morgan fingerprint density at radius 3 is 2.61 bits per heavy atom. The van der Waals surface area contributed by atoms with Gasteiger partial charge in [-0.1, -0.05) is 6.07 Å². The average Bonchev–Trinajstić information content (AvgIpc) is 3.11. The van der Waals surface area contributed by atoms with E-state index in [-0.39, 0.29) is 18.0 Å². The Morgan fingerprint density at radius 1 is 1.06 bits per heavy atom. The van der Waals surface area contributed by atoms with Crippen molar-refractivity contribution < 1.29 is 18.0 Å². The Bertz CT molecular complexity index is 1330. The van der Waals surface area contributed by atoms with Crippen LogP contribution in [0.3, 0.4) is 0 Å². The summed E-state index contributed by atoms with van der Waals surface area (Å²) in [6.45, 7) is 0.709. The van der Waals surface area contributed by atoms with Gasteiger partial charge in [0.15, 0.2) is 17.5 Å². The number of hydrogen-bond acceptors (Lipinski definition) is 3. The minimum Gasteiger partial charge on any atom is -0.332 e. The van der Waals surface area contributed by atoms with Crippen LogP contribution in [0.2, 0.25) is 0 Å². The van der Waals surface area contributed by atoms with Gasteiger partial charge in [0.1, 0.15) is 0 Å². The highest BCUT2D eigenvalue weighted by molar-refractivity contribution is 5.98. The number of carbonyl (C=O) groups excluding carboxylic acids is 1. The summed E-state index contributed by atoms with van der Waals surface area (Å²) in [6, 6.07) is 11.0. The first kappa shape index (κ1) is 19.3. The number of carbonyl (C=O) groups is 1. The smallest absolute Gasteiger partial charge is 0.254 e. The molecule has 0 unspecified atom stereocenters. The van der Waals surface area contributed by atoms with Gasteiger partial charge in [-0.2, -0.15) is 5.10 Å². The zero-order chi connectivity index (χ0) is 21.7. The van der Waals surface area contributed by atoms with Gasteiger partial charge in [-0.05, 0) is 42.8 Å². The molecule has 0 radical (unpaired) electrons. The number of rotatable bonds is 2. The molecule has 0 spiro atoms. The number of nitrogens with zero attached hydrogens (tertiary/aromatic N) is 4. The molecule has 0 atom stereocenters. The van der Waals surface area contributed by atoms with Gasteiger partial charge in [0.05, 0.1) is 23.4 Å². The number of halogens is 3. The maximum absolute atomic E-state index is 13.8. The molecule has 0 bridgehead atoms. The van der Waals surface area contributed by atoms with Gasteiger partial charge in [-0.15, -0.1) is 0 Å². The molecule has 3 heterocycles. The average molecular weight is 422 g/mol. The Labute approximate surface area is 175 Å². The summed E-state index contributed by atoms with van der Waals surface area (Å²) in [5.41, 5.74) is 3.58. The molecule has 0 aliphatic carbocycles. The normalized spacial score (nSPS) is 13.5. The van der Waals surface area contributed by atoms with Crippen molar-refractivity contribution in [2.75, 3.05) is 6.54 Å². The van der Waals surface area contributed by atoms with E-state index < -0.39 is 17.5 Å². The van der Waals surface area contributed by atoms with E-state index in [0.29, 0.717) is 29.9 Å². The molecule has 0 N–H and O–H groups in total. The Kier molecular flexibility index (Phi) is 4.50. The number of amides is 1. The third kappa shape index (κ3) is 3.24. The second-order valence-corrected chi connectivity index (χ2v) is 7.54. The highest BCUT2D eigenvalue weighted by atomic mass is 19.2. The van der Waals surface area contributed by atoms with Crippen molar-refractivity contribution in [3.63, 3.8) is 0 Å². The van der Waals surface area contributed by atoms with Crippen molar-refractivity contribution in [2.45, 2.75) is 13.0 Å². The van der Waals surface area contributed by atoms with Crippen LogP contribution in [0.4, 0.5) is 13.2 Å². The van der Waals surface area contributed by atoms with Crippen LogP contribution in [0.1, 0.15) is 21.6 Å². The van der Waals surface area contributed by atoms with E-state index in [2.05, 4.69) is 10.1 Å². The Morgan fingerprint density at radius 2 is 1.84 bits per heavy atom. The summed E-state index contributed by atoms with van der Waals surface area (Å²) in [7, 11) is 1.66.